The second kappa shape index (κ2) is 5.65. The Morgan fingerprint density at radius 1 is 1.24 bits per heavy atom. The van der Waals surface area contributed by atoms with E-state index in [0.29, 0.717) is 34.2 Å². The molecule has 0 aliphatic carbocycles. The van der Waals surface area contributed by atoms with Gasteiger partial charge < -0.3 is 9.26 Å². The maximum atomic E-state index is 11.5. The number of rotatable bonds is 4. The van der Waals surface area contributed by atoms with Crippen molar-refractivity contribution in [2.24, 2.45) is 0 Å². The Morgan fingerprint density at radius 2 is 1.90 bits per heavy atom. The predicted molar refractivity (Wildman–Crippen MR) is 77.1 cm³/mol. The molecule has 0 spiro atoms. The minimum Gasteiger partial charge on any atom is -0.483 e. The number of nitrogens with zero attached hydrogens (tertiary/aromatic N) is 2. The lowest BCUT2D eigenvalue weighted by molar-refractivity contribution is 0.240. The van der Waals surface area contributed by atoms with E-state index >= 15 is 0 Å². The third-order valence-electron chi connectivity index (χ3n) is 3.15. The van der Waals surface area contributed by atoms with Gasteiger partial charge in [-0.25, -0.2) is 8.42 Å². The molecule has 0 aliphatic heterocycles. The van der Waals surface area contributed by atoms with Crippen LogP contribution in [0.15, 0.2) is 15.5 Å². The summed E-state index contributed by atoms with van der Waals surface area (Å²) < 4.78 is 33.7. The van der Waals surface area contributed by atoms with Crippen LogP contribution >= 0.6 is 10.7 Å². The van der Waals surface area contributed by atoms with Crippen molar-refractivity contribution < 1.29 is 17.7 Å². The van der Waals surface area contributed by atoms with Gasteiger partial charge in [-0.1, -0.05) is 5.16 Å². The quantitative estimate of drug-likeness (QED) is 0.802. The van der Waals surface area contributed by atoms with E-state index < -0.39 is 9.05 Å². The highest BCUT2D eigenvalue weighted by Crippen LogP contribution is 2.33. The lowest BCUT2D eigenvalue weighted by atomic mass is 10.1. The highest BCUT2D eigenvalue weighted by Gasteiger charge is 2.20. The van der Waals surface area contributed by atoms with E-state index in [9.17, 15) is 8.42 Å². The van der Waals surface area contributed by atoms with Crippen LogP contribution in [-0.4, -0.2) is 18.6 Å². The van der Waals surface area contributed by atoms with E-state index in [-0.39, 0.29) is 11.5 Å². The average molecular weight is 331 g/mol. The first-order valence-electron chi connectivity index (χ1n) is 6.17. The first-order valence-corrected chi connectivity index (χ1v) is 8.48. The Bertz CT molecular complexity index is 784. The summed E-state index contributed by atoms with van der Waals surface area (Å²) >= 11 is 0. The predicted octanol–water partition coefficient (Wildman–Crippen LogP) is 2.81. The van der Waals surface area contributed by atoms with Crippen molar-refractivity contribution in [3.8, 4) is 5.75 Å². The number of halogens is 1. The Labute approximate surface area is 127 Å². The van der Waals surface area contributed by atoms with Crippen molar-refractivity contribution in [3.63, 3.8) is 0 Å². The summed E-state index contributed by atoms with van der Waals surface area (Å²) in [4.78, 5) is 4.14. The normalized spacial score (nSPS) is 11.7. The first kappa shape index (κ1) is 15.8. The van der Waals surface area contributed by atoms with Gasteiger partial charge in [0.15, 0.2) is 12.4 Å². The van der Waals surface area contributed by atoms with Crippen LogP contribution < -0.4 is 4.74 Å². The molecule has 0 saturated heterocycles. The number of aromatic nitrogens is 2. The monoisotopic (exact) mass is 330 g/mol. The Kier molecular flexibility index (Phi) is 4.25. The van der Waals surface area contributed by atoms with Gasteiger partial charge in [-0.05, 0) is 50.5 Å². The Morgan fingerprint density at radius 3 is 2.43 bits per heavy atom. The highest BCUT2D eigenvalue weighted by molar-refractivity contribution is 8.13. The van der Waals surface area contributed by atoms with E-state index in [1.807, 2.05) is 0 Å². The molecule has 1 heterocycles. The molecule has 1 aromatic heterocycles. The van der Waals surface area contributed by atoms with Crippen molar-refractivity contribution in [2.75, 3.05) is 0 Å². The third kappa shape index (κ3) is 3.36. The maximum Gasteiger partial charge on any atom is 0.264 e. The molecule has 0 amide bonds. The van der Waals surface area contributed by atoms with E-state index in [2.05, 4.69) is 10.1 Å². The fraction of sp³-hybridized carbons (Fsp3) is 0.385. The Balaban J connectivity index is 2.35. The van der Waals surface area contributed by atoms with Crippen molar-refractivity contribution in [1.29, 1.82) is 0 Å². The standard InChI is InChI=1S/C13H15ClN2O4S/c1-7-5-11(21(14,17)18)8(2)9(3)13(7)19-6-12-15-10(4)16-20-12/h5H,6H2,1-4H3. The van der Waals surface area contributed by atoms with Crippen LogP contribution in [0, 0.1) is 27.7 Å². The van der Waals surface area contributed by atoms with Gasteiger partial charge in [-0.15, -0.1) is 0 Å². The van der Waals surface area contributed by atoms with Crippen LogP contribution in [0.2, 0.25) is 0 Å². The van der Waals surface area contributed by atoms with Crippen LogP contribution in [-0.2, 0) is 15.7 Å². The molecule has 0 atom stereocenters. The number of benzene rings is 1. The summed E-state index contributed by atoms with van der Waals surface area (Å²) in [5, 5.41) is 3.67. The van der Waals surface area contributed by atoms with Gasteiger partial charge in [0.25, 0.3) is 14.9 Å². The molecule has 0 N–H and O–H groups in total. The molecule has 2 aromatic rings. The van der Waals surface area contributed by atoms with Gasteiger partial charge in [0.2, 0.25) is 0 Å². The van der Waals surface area contributed by atoms with E-state index in [4.69, 9.17) is 19.9 Å². The molecular weight excluding hydrogens is 316 g/mol. The molecular formula is C13H15ClN2O4S. The molecule has 2 rings (SSSR count). The van der Waals surface area contributed by atoms with Crippen molar-refractivity contribution >= 4 is 19.7 Å². The van der Waals surface area contributed by atoms with Crippen molar-refractivity contribution in [2.45, 2.75) is 39.2 Å². The summed E-state index contributed by atoms with van der Waals surface area (Å²) in [7, 11) is 1.65. The summed E-state index contributed by atoms with van der Waals surface area (Å²) in [6.45, 7) is 7.06. The SMILES string of the molecule is Cc1noc(COc2c(C)cc(S(=O)(=O)Cl)c(C)c2C)n1. The smallest absolute Gasteiger partial charge is 0.264 e. The number of hydrogen-bond donors (Lipinski definition) is 0. The van der Waals surface area contributed by atoms with Crippen LogP contribution in [0.3, 0.4) is 0 Å². The molecule has 0 aliphatic rings. The third-order valence-corrected chi connectivity index (χ3v) is 4.60. The summed E-state index contributed by atoms with van der Waals surface area (Å²) in [5.41, 5.74) is 1.95. The average Bonchev–Trinajstić information content (AvgIpc) is 2.78. The molecule has 0 radical (unpaired) electrons. The Hall–Kier alpha value is -1.60. The molecule has 8 heteroatoms. The summed E-state index contributed by atoms with van der Waals surface area (Å²) in [6, 6.07) is 1.50. The van der Waals surface area contributed by atoms with Crippen LogP contribution in [0.25, 0.3) is 0 Å². The second-order valence-electron chi connectivity index (χ2n) is 4.73. The van der Waals surface area contributed by atoms with Crippen LogP contribution in [0.5, 0.6) is 5.75 Å². The minimum atomic E-state index is -3.78. The molecule has 0 saturated carbocycles. The number of hydrogen-bond acceptors (Lipinski definition) is 6. The number of aryl methyl sites for hydroxylation is 2. The lowest BCUT2D eigenvalue weighted by Gasteiger charge is -2.15. The first-order chi connectivity index (χ1) is 9.70. The number of ether oxygens (including phenoxy) is 1. The topological polar surface area (TPSA) is 82.3 Å². The summed E-state index contributed by atoms with van der Waals surface area (Å²) in [5.74, 6) is 1.48. The van der Waals surface area contributed by atoms with Gasteiger partial charge in [0, 0.05) is 10.7 Å². The zero-order valence-electron chi connectivity index (χ0n) is 12.1. The lowest BCUT2D eigenvalue weighted by Crippen LogP contribution is -2.04. The molecule has 21 heavy (non-hydrogen) atoms. The molecule has 1 aromatic carbocycles. The van der Waals surface area contributed by atoms with Crippen LogP contribution in [0.4, 0.5) is 0 Å². The highest BCUT2D eigenvalue weighted by atomic mass is 35.7. The van der Waals surface area contributed by atoms with E-state index in [1.54, 1.807) is 27.7 Å². The zero-order valence-corrected chi connectivity index (χ0v) is 13.7. The molecule has 0 bridgehead atoms. The van der Waals surface area contributed by atoms with Gasteiger partial charge in [-0.2, -0.15) is 4.98 Å². The van der Waals surface area contributed by atoms with Crippen LogP contribution in [0.1, 0.15) is 28.4 Å². The maximum absolute atomic E-state index is 11.5. The van der Waals surface area contributed by atoms with Gasteiger partial charge in [0.1, 0.15) is 5.75 Å². The van der Waals surface area contributed by atoms with Gasteiger partial charge >= 0.3 is 0 Å². The van der Waals surface area contributed by atoms with E-state index in [0.717, 1.165) is 0 Å². The largest absolute Gasteiger partial charge is 0.483 e. The molecule has 6 nitrogen and oxygen atoms in total. The molecule has 114 valence electrons. The van der Waals surface area contributed by atoms with Crippen molar-refractivity contribution in [1.82, 2.24) is 10.1 Å². The zero-order chi connectivity index (χ0) is 15.8. The minimum absolute atomic E-state index is 0.0974. The molecule has 0 fully saturated rings. The van der Waals surface area contributed by atoms with E-state index in [1.165, 1.54) is 6.07 Å². The molecule has 0 unspecified atom stereocenters. The fourth-order valence-electron chi connectivity index (χ4n) is 2.03. The van der Waals surface area contributed by atoms with Crippen molar-refractivity contribution in [3.05, 3.63) is 34.5 Å². The second-order valence-corrected chi connectivity index (χ2v) is 7.27. The van der Waals surface area contributed by atoms with Gasteiger partial charge in [0.05, 0.1) is 4.90 Å². The summed E-state index contributed by atoms with van der Waals surface area (Å²) in [6.07, 6.45) is 0. The fourth-order valence-corrected chi connectivity index (χ4v) is 3.35. The van der Waals surface area contributed by atoms with Gasteiger partial charge in [-0.3, -0.25) is 0 Å².